The Kier molecular flexibility index (Phi) is 3.88. The van der Waals surface area contributed by atoms with Gasteiger partial charge in [0.25, 0.3) is 0 Å². The van der Waals surface area contributed by atoms with Crippen molar-refractivity contribution in [2.45, 2.75) is 6.92 Å². The maximum atomic E-state index is 8.85. The van der Waals surface area contributed by atoms with Gasteiger partial charge in [-0.1, -0.05) is 11.6 Å². The highest BCUT2D eigenvalue weighted by Crippen LogP contribution is 2.34. The van der Waals surface area contributed by atoms with Crippen molar-refractivity contribution in [1.82, 2.24) is 4.98 Å². The van der Waals surface area contributed by atoms with Crippen molar-refractivity contribution < 1.29 is 9.47 Å². The fourth-order valence-electron chi connectivity index (χ4n) is 1.53. The van der Waals surface area contributed by atoms with Crippen LogP contribution in [0.5, 0.6) is 17.2 Å². The largest absolute Gasteiger partial charge is 0.493 e. The molecule has 0 aliphatic carbocycles. The van der Waals surface area contributed by atoms with Gasteiger partial charge in [-0.2, -0.15) is 5.26 Å². The molecule has 0 fully saturated rings. The smallest absolute Gasteiger partial charge is 0.169 e. The zero-order valence-electron chi connectivity index (χ0n) is 10.5. The Morgan fingerprint density at radius 2 is 2.00 bits per heavy atom. The molecular weight excluding hydrogens is 264 g/mol. The topological polar surface area (TPSA) is 55.1 Å². The van der Waals surface area contributed by atoms with Gasteiger partial charge in [-0.25, -0.2) is 4.98 Å². The van der Waals surface area contributed by atoms with Crippen molar-refractivity contribution >= 4 is 11.6 Å². The standard InChI is InChI=1S/C14H11ClN2O2/c1-9-8-17-14(15)6-12(9)19-11-4-3-10(7-16)5-13(11)18-2/h3-6,8H,1-2H3. The Labute approximate surface area is 116 Å². The number of methoxy groups -OCH3 is 1. The highest BCUT2D eigenvalue weighted by Gasteiger charge is 2.09. The zero-order valence-corrected chi connectivity index (χ0v) is 11.2. The molecule has 0 aliphatic heterocycles. The first-order chi connectivity index (χ1) is 9.13. The fourth-order valence-corrected chi connectivity index (χ4v) is 1.68. The summed E-state index contributed by atoms with van der Waals surface area (Å²) in [6.07, 6.45) is 1.63. The second-order valence-electron chi connectivity index (χ2n) is 3.85. The third-order valence-corrected chi connectivity index (χ3v) is 2.74. The first kappa shape index (κ1) is 13.2. The van der Waals surface area contributed by atoms with Gasteiger partial charge >= 0.3 is 0 Å². The number of hydrogen-bond acceptors (Lipinski definition) is 4. The molecule has 0 amide bonds. The molecule has 19 heavy (non-hydrogen) atoms. The number of hydrogen-bond donors (Lipinski definition) is 0. The molecular formula is C14H11ClN2O2. The summed E-state index contributed by atoms with van der Waals surface area (Å²) in [6, 6.07) is 8.65. The van der Waals surface area contributed by atoms with E-state index < -0.39 is 0 Å². The lowest BCUT2D eigenvalue weighted by Crippen LogP contribution is -1.93. The number of benzene rings is 1. The molecule has 0 saturated carbocycles. The summed E-state index contributed by atoms with van der Waals surface area (Å²) in [4.78, 5) is 3.96. The van der Waals surface area contributed by atoms with Gasteiger partial charge < -0.3 is 9.47 Å². The quantitative estimate of drug-likeness (QED) is 0.801. The van der Waals surface area contributed by atoms with Crippen LogP contribution in [-0.2, 0) is 0 Å². The average Bonchev–Trinajstić information content (AvgIpc) is 2.43. The molecule has 2 aromatic rings. The number of halogens is 1. The predicted octanol–water partition coefficient (Wildman–Crippen LogP) is 3.72. The minimum atomic E-state index is 0.355. The summed E-state index contributed by atoms with van der Waals surface area (Å²) >= 11 is 5.84. The van der Waals surface area contributed by atoms with Crippen LogP contribution in [-0.4, -0.2) is 12.1 Å². The molecule has 4 nitrogen and oxygen atoms in total. The van der Waals surface area contributed by atoms with Crippen LogP contribution in [0.25, 0.3) is 0 Å². The van der Waals surface area contributed by atoms with Crippen molar-refractivity contribution in [3.63, 3.8) is 0 Å². The normalized spacial score (nSPS) is 9.79. The zero-order chi connectivity index (χ0) is 13.8. The van der Waals surface area contributed by atoms with Crippen LogP contribution >= 0.6 is 11.6 Å². The molecule has 0 atom stereocenters. The van der Waals surface area contributed by atoms with Crippen LogP contribution in [0.1, 0.15) is 11.1 Å². The van der Waals surface area contributed by atoms with E-state index >= 15 is 0 Å². The third kappa shape index (κ3) is 2.95. The van der Waals surface area contributed by atoms with E-state index in [1.165, 1.54) is 7.11 Å². The van der Waals surface area contributed by atoms with E-state index in [4.69, 9.17) is 26.3 Å². The van der Waals surface area contributed by atoms with Crippen LogP contribution in [0.3, 0.4) is 0 Å². The van der Waals surface area contributed by atoms with Crippen LogP contribution < -0.4 is 9.47 Å². The second-order valence-corrected chi connectivity index (χ2v) is 4.24. The first-order valence-corrected chi connectivity index (χ1v) is 5.90. The lowest BCUT2D eigenvalue weighted by molar-refractivity contribution is 0.378. The molecule has 0 N–H and O–H groups in total. The molecule has 0 bridgehead atoms. The van der Waals surface area contributed by atoms with Gasteiger partial charge in [0.15, 0.2) is 11.5 Å². The van der Waals surface area contributed by atoms with Crippen LogP contribution in [0.4, 0.5) is 0 Å². The summed E-state index contributed by atoms with van der Waals surface area (Å²) in [5, 5.41) is 9.20. The van der Waals surface area contributed by atoms with E-state index in [1.807, 2.05) is 13.0 Å². The van der Waals surface area contributed by atoms with E-state index in [2.05, 4.69) is 4.98 Å². The van der Waals surface area contributed by atoms with Gasteiger partial charge in [-0.3, -0.25) is 0 Å². The molecule has 5 heteroatoms. The Hall–Kier alpha value is -2.25. The minimum Gasteiger partial charge on any atom is -0.493 e. The van der Waals surface area contributed by atoms with Gasteiger partial charge in [0.2, 0.25) is 0 Å². The van der Waals surface area contributed by atoms with Crippen molar-refractivity contribution in [2.75, 3.05) is 7.11 Å². The van der Waals surface area contributed by atoms with E-state index in [-0.39, 0.29) is 0 Å². The highest BCUT2D eigenvalue weighted by molar-refractivity contribution is 6.29. The Bertz CT molecular complexity index is 650. The summed E-state index contributed by atoms with van der Waals surface area (Å²) in [5.41, 5.74) is 1.37. The van der Waals surface area contributed by atoms with Crippen molar-refractivity contribution in [2.24, 2.45) is 0 Å². The van der Waals surface area contributed by atoms with Crippen molar-refractivity contribution in [3.05, 3.63) is 46.7 Å². The lowest BCUT2D eigenvalue weighted by atomic mass is 10.2. The molecule has 1 heterocycles. The maximum absolute atomic E-state index is 8.85. The number of nitrogens with zero attached hydrogens (tertiary/aromatic N) is 2. The lowest BCUT2D eigenvalue weighted by Gasteiger charge is -2.12. The second kappa shape index (κ2) is 5.59. The first-order valence-electron chi connectivity index (χ1n) is 5.52. The van der Waals surface area contributed by atoms with Crippen molar-refractivity contribution in [1.29, 1.82) is 5.26 Å². The molecule has 1 aromatic carbocycles. The van der Waals surface area contributed by atoms with Gasteiger partial charge in [-0.05, 0) is 19.1 Å². The number of pyridine rings is 1. The number of rotatable bonds is 3. The van der Waals surface area contributed by atoms with E-state index in [0.717, 1.165) is 5.56 Å². The van der Waals surface area contributed by atoms with Gasteiger partial charge in [0.1, 0.15) is 10.9 Å². The number of aryl methyl sites for hydroxylation is 1. The molecule has 0 radical (unpaired) electrons. The fraction of sp³-hybridized carbons (Fsp3) is 0.143. The van der Waals surface area contributed by atoms with Crippen molar-refractivity contribution in [3.8, 4) is 23.3 Å². The molecule has 0 aliphatic rings. The summed E-state index contributed by atoms with van der Waals surface area (Å²) in [7, 11) is 1.52. The van der Waals surface area contributed by atoms with E-state index in [9.17, 15) is 0 Å². The molecule has 1 aromatic heterocycles. The Balaban J connectivity index is 2.38. The van der Waals surface area contributed by atoms with E-state index in [0.29, 0.717) is 28.0 Å². The highest BCUT2D eigenvalue weighted by atomic mass is 35.5. The van der Waals surface area contributed by atoms with Crippen LogP contribution in [0.2, 0.25) is 5.15 Å². The molecule has 2 rings (SSSR count). The number of aromatic nitrogens is 1. The number of nitriles is 1. The molecule has 0 unspecified atom stereocenters. The van der Waals surface area contributed by atoms with Gasteiger partial charge in [0, 0.05) is 23.9 Å². The number of ether oxygens (including phenoxy) is 2. The average molecular weight is 275 g/mol. The predicted molar refractivity (Wildman–Crippen MR) is 71.8 cm³/mol. The van der Waals surface area contributed by atoms with Crippen LogP contribution in [0.15, 0.2) is 30.5 Å². The Morgan fingerprint density at radius 1 is 1.21 bits per heavy atom. The minimum absolute atomic E-state index is 0.355. The van der Waals surface area contributed by atoms with Crippen LogP contribution in [0, 0.1) is 18.3 Å². The molecule has 96 valence electrons. The maximum Gasteiger partial charge on any atom is 0.169 e. The molecule has 0 saturated heterocycles. The van der Waals surface area contributed by atoms with Gasteiger partial charge in [0.05, 0.1) is 18.7 Å². The van der Waals surface area contributed by atoms with Gasteiger partial charge in [-0.15, -0.1) is 0 Å². The van der Waals surface area contributed by atoms with E-state index in [1.54, 1.807) is 30.5 Å². The molecule has 0 spiro atoms. The SMILES string of the molecule is COc1cc(C#N)ccc1Oc1cc(Cl)ncc1C. The summed E-state index contributed by atoms with van der Waals surface area (Å²) < 4.78 is 11.0. The monoisotopic (exact) mass is 274 g/mol. The Morgan fingerprint density at radius 3 is 2.68 bits per heavy atom. The summed E-state index contributed by atoms with van der Waals surface area (Å²) in [5.74, 6) is 1.61. The third-order valence-electron chi connectivity index (χ3n) is 2.53. The summed E-state index contributed by atoms with van der Waals surface area (Å²) in [6.45, 7) is 1.87.